The maximum atomic E-state index is 12.5. The first kappa shape index (κ1) is 9.90. The number of benzene rings is 1. The third-order valence-electron chi connectivity index (χ3n) is 2.23. The standard InChI is InChI=1S/C10H9BrF2O/c11-8-3-1-2-4-9(8)14-6-7-5-10(7,12)13/h1-4,7H,5-6H2. The molecule has 1 aromatic rings. The van der Waals surface area contributed by atoms with Crippen molar-refractivity contribution in [3.8, 4) is 5.75 Å². The topological polar surface area (TPSA) is 9.23 Å². The molecule has 1 aliphatic rings. The quantitative estimate of drug-likeness (QED) is 0.811. The second-order valence-electron chi connectivity index (χ2n) is 3.40. The van der Waals surface area contributed by atoms with Crippen molar-refractivity contribution in [2.75, 3.05) is 6.61 Å². The molecule has 4 heteroatoms. The molecule has 0 spiro atoms. The van der Waals surface area contributed by atoms with Gasteiger partial charge in [0.25, 0.3) is 5.92 Å². The van der Waals surface area contributed by atoms with E-state index in [1.54, 1.807) is 6.07 Å². The second-order valence-corrected chi connectivity index (χ2v) is 4.26. The summed E-state index contributed by atoms with van der Waals surface area (Å²) in [6.07, 6.45) is -0.0442. The molecule has 1 aliphatic carbocycles. The van der Waals surface area contributed by atoms with E-state index in [4.69, 9.17) is 4.74 Å². The van der Waals surface area contributed by atoms with E-state index >= 15 is 0 Å². The third-order valence-corrected chi connectivity index (χ3v) is 2.89. The van der Waals surface area contributed by atoms with Crippen molar-refractivity contribution in [3.05, 3.63) is 28.7 Å². The van der Waals surface area contributed by atoms with Gasteiger partial charge in [-0.25, -0.2) is 8.78 Å². The highest BCUT2D eigenvalue weighted by molar-refractivity contribution is 9.10. The van der Waals surface area contributed by atoms with Crippen molar-refractivity contribution in [1.82, 2.24) is 0 Å². The highest BCUT2D eigenvalue weighted by Gasteiger charge is 2.57. The zero-order valence-corrected chi connectivity index (χ0v) is 8.93. The summed E-state index contributed by atoms with van der Waals surface area (Å²) < 4.78 is 31.1. The Morgan fingerprint density at radius 1 is 1.43 bits per heavy atom. The molecule has 0 heterocycles. The lowest BCUT2D eigenvalue weighted by Gasteiger charge is -2.06. The summed E-state index contributed by atoms with van der Waals surface area (Å²) in [5.41, 5.74) is 0. The summed E-state index contributed by atoms with van der Waals surface area (Å²) in [5.74, 6) is -2.48. The van der Waals surface area contributed by atoms with Crippen LogP contribution in [0.25, 0.3) is 0 Å². The molecule has 1 atom stereocenters. The minimum atomic E-state index is -2.50. The maximum absolute atomic E-state index is 12.5. The molecule has 1 saturated carbocycles. The van der Waals surface area contributed by atoms with Gasteiger partial charge in [-0.1, -0.05) is 12.1 Å². The summed E-state index contributed by atoms with van der Waals surface area (Å²) >= 11 is 3.28. The molecule has 0 bridgehead atoms. The van der Waals surface area contributed by atoms with Crippen LogP contribution >= 0.6 is 15.9 Å². The van der Waals surface area contributed by atoms with Gasteiger partial charge < -0.3 is 4.74 Å². The Labute approximate surface area is 89.2 Å². The smallest absolute Gasteiger partial charge is 0.255 e. The molecule has 0 radical (unpaired) electrons. The van der Waals surface area contributed by atoms with Crippen molar-refractivity contribution in [1.29, 1.82) is 0 Å². The number of hydrogen-bond acceptors (Lipinski definition) is 1. The molecule has 0 aromatic heterocycles. The molecule has 0 aliphatic heterocycles. The molecule has 0 N–H and O–H groups in total. The van der Waals surface area contributed by atoms with E-state index < -0.39 is 11.8 Å². The van der Waals surface area contributed by atoms with E-state index in [2.05, 4.69) is 15.9 Å². The first-order valence-corrected chi connectivity index (χ1v) is 5.14. The number of hydrogen-bond donors (Lipinski definition) is 0. The molecule has 76 valence electrons. The van der Waals surface area contributed by atoms with E-state index in [1.807, 2.05) is 18.2 Å². The number of rotatable bonds is 3. The largest absolute Gasteiger partial charge is 0.492 e. The lowest BCUT2D eigenvalue weighted by molar-refractivity contribution is 0.0855. The molecule has 1 nitrogen and oxygen atoms in total. The Bertz CT molecular complexity index is 341. The first-order valence-electron chi connectivity index (χ1n) is 4.35. The molecule has 14 heavy (non-hydrogen) atoms. The predicted octanol–water partition coefficient (Wildman–Crippen LogP) is 3.48. The molecule has 0 saturated heterocycles. The van der Waals surface area contributed by atoms with Crippen LogP contribution in [0.2, 0.25) is 0 Å². The minimum Gasteiger partial charge on any atom is -0.492 e. The Balaban J connectivity index is 1.90. The highest BCUT2D eigenvalue weighted by atomic mass is 79.9. The lowest BCUT2D eigenvalue weighted by Crippen LogP contribution is -2.05. The SMILES string of the molecule is FC1(F)CC1COc1ccccc1Br. The average Bonchev–Trinajstić information content (AvgIpc) is 2.73. The molecule has 2 rings (SSSR count). The van der Waals surface area contributed by atoms with E-state index in [1.165, 1.54) is 0 Å². The molecule has 1 unspecified atom stereocenters. The molecular weight excluding hydrogens is 254 g/mol. The monoisotopic (exact) mass is 262 g/mol. The Kier molecular flexibility index (Phi) is 2.47. The first-order chi connectivity index (χ1) is 6.59. The van der Waals surface area contributed by atoms with Crippen LogP contribution < -0.4 is 4.74 Å². The van der Waals surface area contributed by atoms with Crippen LogP contribution in [0.5, 0.6) is 5.75 Å². The number of alkyl halides is 2. The van der Waals surface area contributed by atoms with Gasteiger partial charge in [-0.05, 0) is 28.1 Å². The minimum absolute atomic E-state index is 0.0442. The van der Waals surface area contributed by atoms with E-state index in [9.17, 15) is 8.78 Å². The van der Waals surface area contributed by atoms with Gasteiger partial charge in [0.1, 0.15) is 5.75 Å². The van der Waals surface area contributed by atoms with Gasteiger partial charge in [-0.15, -0.1) is 0 Å². The van der Waals surface area contributed by atoms with Crippen LogP contribution in [0, 0.1) is 5.92 Å². The molecular formula is C10H9BrF2O. The molecule has 1 fully saturated rings. The van der Waals surface area contributed by atoms with Crippen LogP contribution in [-0.4, -0.2) is 12.5 Å². The fraction of sp³-hybridized carbons (Fsp3) is 0.400. The summed E-state index contributed by atoms with van der Waals surface area (Å²) in [5, 5.41) is 0. The maximum Gasteiger partial charge on any atom is 0.255 e. The zero-order valence-electron chi connectivity index (χ0n) is 7.34. The van der Waals surface area contributed by atoms with Crippen molar-refractivity contribution in [3.63, 3.8) is 0 Å². The van der Waals surface area contributed by atoms with Gasteiger partial charge in [-0.3, -0.25) is 0 Å². The number of halogens is 3. The number of ether oxygens (including phenoxy) is 1. The summed E-state index contributed by atoms with van der Waals surface area (Å²) in [6.45, 7) is 0.0929. The van der Waals surface area contributed by atoms with Crippen LogP contribution in [-0.2, 0) is 0 Å². The fourth-order valence-corrected chi connectivity index (χ4v) is 1.60. The van der Waals surface area contributed by atoms with E-state index in [-0.39, 0.29) is 13.0 Å². The molecule has 0 amide bonds. The zero-order chi connectivity index (χ0) is 10.2. The van der Waals surface area contributed by atoms with Crippen molar-refractivity contribution < 1.29 is 13.5 Å². The second kappa shape index (κ2) is 3.50. The number of para-hydroxylation sites is 1. The van der Waals surface area contributed by atoms with E-state index in [0.717, 1.165) is 4.47 Å². The van der Waals surface area contributed by atoms with Gasteiger partial charge in [0.2, 0.25) is 0 Å². The van der Waals surface area contributed by atoms with Crippen molar-refractivity contribution >= 4 is 15.9 Å². The van der Waals surface area contributed by atoms with Gasteiger partial charge in [0.05, 0.1) is 17.0 Å². The van der Waals surface area contributed by atoms with Gasteiger partial charge >= 0.3 is 0 Å². The van der Waals surface area contributed by atoms with Crippen LogP contribution in [0.3, 0.4) is 0 Å². The van der Waals surface area contributed by atoms with Crippen molar-refractivity contribution in [2.45, 2.75) is 12.3 Å². The van der Waals surface area contributed by atoms with Gasteiger partial charge in [0.15, 0.2) is 0 Å². The van der Waals surface area contributed by atoms with Crippen LogP contribution in [0.1, 0.15) is 6.42 Å². The Hall–Kier alpha value is -0.640. The fourth-order valence-electron chi connectivity index (χ4n) is 1.20. The Morgan fingerprint density at radius 3 is 2.64 bits per heavy atom. The van der Waals surface area contributed by atoms with Crippen molar-refractivity contribution in [2.24, 2.45) is 5.92 Å². The lowest BCUT2D eigenvalue weighted by atomic mass is 10.3. The van der Waals surface area contributed by atoms with E-state index in [0.29, 0.717) is 5.75 Å². The highest BCUT2D eigenvalue weighted by Crippen LogP contribution is 2.48. The summed E-state index contributed by atoms with van der Waals surface area (Å²) in [7, 11) is 0. The normalized spacial score (nSPS) is 23.2. The molecule has 1 aromatic carbocycles. The van der Waals surface area contributed by atoms with Gasteiger partial charge in [-0.2, -0.15) is 0 Å². The van der Waals surface area contributed by atoms with Crippen LogP contribution in [0.15, 0.2) is 28.7 Å². The summed E-state index contributed by atoms with van der Waals surface area (Å²) in [6, 6.07) is 7.23. The third kappa shape index (κ3) is 2.05. The van der Waals surface area contributed by atoms with Gasteiger partial charge in [0, 0.05) is 6.42 Å². The van der Waals surface area contributed by atoms with Crippen LogP contribution in [0.4, 0.5) is 8.78 Å². The Morgan fingerprint density at radius 2 is 2.07 bits per heavy atom. The average molecular weight is 263 g/mol. The summed E-state index contributed by atoms with van der Waals surface area (Å²) in [4.78, 5) is 0. The predicted molar refractivity (Wildman–Crippen MR) is 52.7 cm³/mol.